The van der Waals surface area contributed by atoms with Crippen molar-refractivity contribution in [3.05, 3.63) is 42.2 Å². The number of pyridine rings is 1. The summed E-state index contributed by atoms with van der Waals surface area (Å²) in [6.07, 6.45) is 6.98. The number of nitrogens with one attached hydrogen (secondary N) is 1. The van der Waals surface area contributed by atoms with Crippen LogP contribution in [0.2, 0.25) is 0 Å². The van der Waals surface area contributed by atoms with Crippen molar-refractivity contribution in [3.8, 4) is 0 Å². The van der Waals surface area contributed by atoms with Gasteiger partial charge in [-0.15, -0.1) is 0 Å². The second-order valence-corrected chi connectivity index (χ2v) is 14.7. The van der Waals surface area contributed by atoms with Crippen molar-refractivity contribution in [3.63, 3.8) is 0 Å². The number of aromatic nitrogens is 1. The smallest absolute Gasteiger partial charge is 0.404 e. The highest BCUT2D eigenvalue weighted by atomic mass is 16.7. The molecule has 1 aromatic carbocycles. The van der Waals surface area contributed by atoms with Gasteiger partial charge in [0.25, 0.3) is 5.91 Å². The van der Waals surface area contributed by atoms with E-state index in [0.29, 0.717) is 41.3 Å². The Morgan fingerprint density at radius 1 is 1.10 bits per heavy atom. The van der Waals surface area contributed by atoms with Crippen LogP contribution in [0.4, 0.5) is 0 Å². The Balaban J connectivity index is 1.22. The molecule has 7 atom stereocenters. The lowest BCUT2D eigenvalue weighted by molar-refractivity contribution is -0.200. The summed E-state index contributed by atoms with van der Waals surface area (Å²) in [7, 11) is -0.349. The number of hydrogen-bond acceptors (Lipinski definition) is 6. The second-order valence-electron chi connectivity index (χ2n) is 14.7. The molecule has 1 aromatic heterocycles. The van der Waals surface area contributed by atoms with E-state index in [2.05, 4.69) is 63.8 Å². The maximum Gasteiger partial charge on any atom is 0.478 e. The molecule has 0 radical (unpaired) electrons. The van der Waals surface area contributed by atoms with Gasteiger partial charge in [0.2, 0.25) is 0 Å². The monoisotopic (exact) mass is 561 g/mol. The van der Waals surface area contributed by atoms with E-state index < -0.39 is 0 Å². The Morgan fingerprint density at radius 3 is 2.61 bits per heavy atom. The summed E-state index contributed by atoms with van der Waals surface area (Å²) in [4.78, 5) is 24.6. The van der Waals surface area contributed by atoms with Crippen LogP contribution < -0.4 is 5.32 Å². The Bertz CT molecular complexity index is 1260. The average molecular weight is 562 g/mol. The van der Waals surface area contributed by atoms with Crippen molar-refractivity contribution in [2.24, 2.45) is 29.1 Å². The third-order valence-corrected chi connectivity index (χ3v) is 10.6. The molecule has 2 aromatic rings. The number of nitrogens with zero attached hydrogens (tertiary/aromatic N) is 2. The van der Waals surface area contributed by atoms with E-state index in [-0.39, 0.29) is 42.8 Å². The summed E-state index contributed by atoms with van der Waals surface area (Å²) in [6, 6.07) is 9.86. The largest absolute Gasteiger partial charge is 0.478 e. The standard InChI is InChI=1S/C33H48BN3O4/c1-20(2)14-25-18-24(19-36-31(38)30-26-11-9-8-10-22(26)12-13-35-30)37(40-25)29(15-21(3)4)34-39-28-17-23-16-27(32(23,5)6)33(28,7)41-34/h8-13,20-21,23-25,27-29H,14-19H2,1-7H3,(H,36,38)/t23-,24?,25?,27-,28+,29-,33-/m0/s1. The first kappa shape index (κ1) is 29.1. The number of hydroxylamine groups is 2. The first-order chi connectivity index (χ1) is 19.5. The zero-order valence-corrected chi connectivity index (χ0v) is 25.9. The fourth-order valence-electron chi connectivity index (χ4n) is 8.37. The highest BCUT2D eigenvalue weighted by molar-refractivity contribution is 6.47. The van der Waals surface area contributed by atoms with Crippen LogP contribution in [0.1, 0.15) is 91.1 Å². The molecule has 2 saturated heterocycles. The molecule has 8 heteroatoms. The lowest BCUT2D eigenvalue weighted by Crippen LogP contribution is -2.65. The van der Waals surface area contributed by atoms with Gasteiger partial charge in [-0.3, -0.25) is 14.6 Å². The van der Waals surface area contributed by atoms with Crippen LogP contribution in [0.3, 0.4) is 0 Å². The molecule has 3 aliphatic carbocycles. The minimum Gasteiger partial charge on any atom is -0.404 e. The summed E-state index contributed by atoms with van der Waals surface area (Å²) in [5, 5.41) is 7.25. The fourth-order valence-corrected chi connectivity index (χ4v) is 8.37. The van der Waals surface area contributed by atoms with E-state index in [1.54, 1.807) is 6.20 Å². The van der Waals surface area contributed by atoms with Gasteiger partial charge in [-0.2, -0.15) is 5.06 Å². The zero-order valence-electron chi connectivity index (χ0n) is 25.9. The van der Waals surface area contributed by atoms with E-state index in [1.165, 1.54) is 6.42 Å². The lowest BCUT2D eigenvalue weighted by atomic mass is 9.43. The number of carbonyl (C=O) groups is 1. The zero-order chi connectivity index (χ0) is 29.1. The summed E-state index contributed by atoms with van der Waals surface area (Å²) < 4.78 is 13.8. The molecule has 2 aliphatic heterocycles. The Labute approximate surface area is 246 Å². The molecule has 3 heterocycles. The van der Waals surface area contributed by atoms with Gasteiger partial charge in [0.1, 0.15) is 5.69 Å². The average Bonchev–Trinajstić information content (AvgIpc) is 3.49. The van der Waals surface area contributed by atoms with Crippen LogP contribution in [0, 0.1) is 29.1 Å². The summed E-state index contributed by atoms with van der Waals surface area (Å²) >= 11 is 0. The maximum atomic E-state index is 13.4. The molecule has 2 bridgehead atoms. The van der Waals surface area contributed by atoms with Gasteiger partial charge in [-0.25, -0.2) is 0 Å². The molecule has 5 aliphatic rings. The summed E-state index contributed by atoms with van der Waals surface area (Å²) in [6.45, 7) is 16.6. The van der Waals surface area contributed by atoms with E-state index in [1.807, 2.05) is 30.3 Å². The Morgan fingerprint density at radius 2 is 1.88 bits per heavy atom. The van der Waals surface area contributed by atoms with Crippen molar-refractivity contribution in [1.82, 2.24) is 15.4 Å². The Hall–Kier alpha value is -2.00. The normalized spacial score (nSPS) is 33.3. The van der Waals surface area contributed by atoms with E-state index in [0.717, 1.165) is 36.5 Å². The molecule has 3 saturated carbocycles. The predicted octanol–water partition coefficient (Wildman–Crippen LogP) is 6.07. The lowest BCUT2D eigenvalue weighted by Gasteiger charge is -2.64. The topological polar surface area (TPSA) is 72.9 Å². The summed E-state index contributed by atoms with van der Waals surface area (Å²) in [5.74, 6) is 1.99. The van der Waals surface area contributed by atoms with Crippen LogP contribution in [-0.4, -0.2) is 59.4 Å². The molecular formula is C33H48BN3O4. The predicted molar refractivity (Wildman–Crippen MR) is 162 cm³/mol. The molecular weight excluding hydrogens is 513 g/mol. The van der Waals surface area contributed by atoms with Crippen LogP contribution in [0.15, 0.2) is 36.5 Å². The number of fused-ring (bicyclic) bond motifs is 1. The number of carbonyl (C=O) groups excluding carboxylic acids is 1. The fraction of sp³-hybridized carbons (Fsp3) is 0.697. The van der Waals surface area contributed by atoms with Crippen molar-refractivity contribution >= 4 is 23.8 Å². The van der Waals surface area contributed by atoms with Gasteiger partial charge >= 0.3 is 7.12 Å². The van der Waals surface area contributed by atoms with Crippen molar-refractivity contribution < 1.29 is 18.9 Å². The van der Waals surface area contributed by atoms with Crippen LogP contribution in [-0.2, 0) is 14.1 Å². The number of rotatable bonds is 9. The second kappa shape index (κ2) is 10.9. The van der Waals surface area contributed by atoms with Crippen LogP contribution >= 0.6 is 0 Å². The quantitative estimate of drug-likeness (QED) is 0.375. The van der Waals surface area contributed by atoms with Crippen molar-refractivity contribution in [1.29, 1.82) is 0 Å². The SMILES string of the molecule is CC(C)CC1CC(CNC(=O)c2nccc3ccccc23)N([C@@H](CC(C)C)B2O[C@@H]3C[C@@H]4C[C@@H](C4(C)C)[C@]3(C)O2)O1. The first-order valence-corrected chi connectivity index (χ1v) is 15.9. The molecule has 1 amide bonds. The van der Waals surface area contributed by atoms with E-state index >= 15 is 0 Å². The van der Waals surface area contributed by atoms with Crippen molar-refractivity contribution in [2.75, 3.05) is 6.54 Å². The van der Waals surface area contributed by atoms with E-state index in [4.69, 9.17) is 14.1 Å². The van der Waals surface area contributed by atoms with Gasteiger partial charge < -0.3 is 14.6 Å². The van der Waals surface area contributed by atoms with Crippen LogP contribution in [0.5, 0.6) is 0 Å². The van der Waals surface area contributed by atoms with Gasteiger partial charge in [0, 0.05) is 18.1 Å². The van der Waals surface area contributed by atoms with Gasteiger partial charge in [-0.05, 0) is 79.6 Å². The van der Waals surface area contributed by atoms with Gasteiger partial charge in [0.05, 0.1) is 29.8 Å². The molecule has 7 rings (SSSR count). The van der Waals surface area contributed by atoms with Crippen LogP contribution in [0.25, 0.3) is 10.8 Å². The molecule has 5 fully saturated rings. The third-order valence-electron chi connectivity index (χ3n) is 10.6. The van der Waals surface area contributed by atoms with Crippen molar-refractivity contribution in [2.45, 2.75) is 110 Å². The summed E-state index contributed by atoms with van der Waals surface area (Å²) in [5.41, 5.74) is 0.498. The molecule has 0 spiro atoms. The highest BCUT2D eigenvalue weighted by Crippen LogP contribution is 2.66. The highest BCUT2D eigenvalue weighted by Gasteiger charge is 2.69. The minimum atomic E-state index is -0.349. The molecule has 2 unspecified atom stereocenters. The third kappa shape index (κ3) is 5.24. The Kier molecular flexibility index (Phi) is 7.76. The van der Waals surface area contributed by atoms with Gasteiger partial charge in [-0.1, -0.05) is 65.8 Å². The number of amides is 1. The molecule has 7 nitrogen and oxygen atoms in total. The molecule has 41 heavy (non-hydrogen) atoms. The van der Waals surface area contributed by atoms with E-state index in [9.17, 15) is 4.79 Å². The number of hydrogen-bond donors (Lipinski definition) is 1. The first-order valence-electron chi connectivity index (χ1n) is 15.9. The van der Waals surface area contributed by atoms with Gasteiger partial charge in [0.15, 0.2) is 0 Å². The minimum absolute atomic E-state index is 0.0224. The molecule has 1 N–H and O–H groups in total. The molecule has 222 valence electrons. The number of benzene rings is 1. The maximum absolute atomic E-state index is 13.4.